The summed E-state index contributed by atoms with van der Waals surface area (Å²) in [6.07, 6.45) is 6.59. The molecule has 1 aliphatic rings. The molecule has 0 aliphatic heterocycles. The van der Waals surface area contributed by atoms with E-state index in [1.165, 1.54) is 29.7 Å². The van der Waals surface area contributed by atoms with Crippen LogP contribution in [0.3, 0.4) is 0 Å². The highest BCUT2D eigenvalue weighted by molar-refractivity contribution is 7.09. The number of H-pyrrole nitrogens is 1. The van der Waals surface area contributed by atoms with Gasteiger partial charge >= 0.3 is 0 Å². The van der Waals surface area contributed by atoms with Gasteiger partial charge in [0, 0.05) is 29.0 Å². The van der Waals surface area contributed by atoms with Crippen molar-refractivity contribution in [1.82, 2.24) is 30.1 Å². The van der Waals surface area contributed by atoms with Crippen LogP contribution in [0.15, 0.2) is 76.9 Å². The Labute approximate surface area is 232 Å². The lowest BCUT2D eigenvalue weighted by molar-refractivity contribution is 0.198. The van der Waals surface area contributed by atoms with E-state index < -0.39 is 0 Å². The number of nitrogens with zero attached hydrogens (tertiary/aromatic N) is 5. The third-order valence-electron chi connectivity index (χ3n) is 7.84. The molecule has 0 bridgehead atoms. The van der Waals surface area contributed by atoms with Gasteiger partial charge < -0.3 is 4.98 Å². The zero-order valence-electron chi connectivity index (χ0n) is 22.3. The second-order valence-corrected chi connectivity index (χ2v) is 11.6. The van der Waals surface area contributed by atoms with Gasteiger partial charge in [-0.05, 0) is 77.2 Å². The van der Waals surface area contributed by atoms with Gasteiger partial charge in [0.15, 0.2) is 5.82 Å². The first-order chi connectivity index (χ1) is 19.2. The molecule has 1 aliphatic carbocycles. The maximum atomic E-state index is 13.8. The molecule has 3 heterocycles. The molecular formula is C31H34N6OS. The van der Waals surface area contributed by atoms with Crippen LogP contribution in [0.5, 0.6) is 0 Å². The number of fused-ring (bicyclic) bond motifs is 1. The van der Waals surface area contributed by atoms with Crippen molar-refractivity contribution in [2.45, 2.75) is 64.1 Å². The fourth-order valence-corrected chi connectivity index (χ4v) is 6.56. The number of hydrogen-bond donors (Lipinski definition) is 1. The molecule has 0 spiro atoms. The van der Waals surface area contributed by atoms with E-state index in [1.807, 2.05) is 22.9 Å². The van der Waals surface area contributed by atoms with E-state index in [1.54, 1.807) is 11.3 Å². The standard InChI is InChI=1S/C31H34N6OS/c1-22-14-15-28-24(19-22)20-27(31(38)32-28)29(30-33-34-35-37(30)25-11-6-3-7-12-25)36(21-26-13-8-18-39-26)17-16-23-9-4-2-5-10-23/h2,4-5,8-10,13-15,18-20,25,29H,3,6-7,11-12,16-17,21H2,1H3,(H,32,38)/t29-/m1/s1. The van der Waals surface area contributed by atoms with Crippen LogP contribution in [0.4, 0.5) is 0 Å². The van der Waals surface area contributed by atoms with E-state index in [-0.39, 0.29) is 17.6 Å². The summed E-state index contributed by atoms with van der Waals surface area (Å²) < 4.78 is 2.02. The van der Waals surface area contributed by atoms with Gasteiger partial charge in [-0.15, -0.1) is 16.4 Å². The zero-order valence-corrected chi connectivity index (χ0v) is 23.1. The summed E-state index contributed by atoms with van der Waals surface area (Å²) in [7, 11) is 0. The fourth-order valence-electron chi connectivity index (χ4n) is 5.83. The van der Waals surface area contributed by atoms with Crippen molar-refractivity contribution in [2.75, 3.05) is 6.54 Å². The Balaban J connectivity index is 1.49. The first kappa shape index (κ1) is 25.6. The number of pyridine rings is 1. The fraction of sp³-hybridized carbons (Fsp3) is 0.355. The summed E-state index contributed by atoms with van der Waals surface area (Å²) in [6.45, 7) is 3.54. The normalized spacial score (nSPS) is 15.2. The summed E-state index contributed by atoms with van der Waals surface area (Å²) in [5.41, 5.74) is 3.86. The zero-order chi connectivity index (χ0) is 26.6. The Morgan fingerprint density at radius 1 is 1.05 bits per heavy atom. The van der Waals surface area contributed by atoms with E-state index in [4.69, 9.17) is 0 Å². The number of rotatable bonds is 9. The first-order valence-electron chi connectivity index (χ1n) is 13.9. The number of tetrazole rings is 1. The molecule has 0 radical (unpaired) electrons. The highest BCUT2D eigenvalue weighted by Crippen LogP contribution is 2.34. The number of aromatic nitrogens is 5. The van der Waals surface area contributed by atoms with E-state index in [0.717, 1.165) is 48.1 Å². The van der Waals surface area contributed by atoms with Crippen LogP contribution >= 0.6 is 11.3 Å². The van der Waals surface area contributed by atoms with Crippen molar-refractivity contribution in [3.63, 3.8) is 0 Å². The summed E-state index contributed by atoms with van der Waals surface area (Å²) in [6, 6.07) is 22.8. The molecule has 0 saturated heterocycles. The average Bonchev–Trinajstić information content (AvgIpc) is 3.66. The monoisotopic (exact) mass is 538 g/mol. The Morgan fingerprint density at radius 3 is 2.69 bits per heavy atom. The number of benzene rings is 2. The number of aryl methyl sites for hydroxylation is 1. The third-order valence-corrected chi connectivity index (χ3v) is 8.70. The van der Waals surface area contributed by atoms with Gasteiger partial charge in [0.2, 0.25) is 0 Å². The SMILES string of the molecule is Cc1ccc2[nH]c(=O)c([C@H](c3nnnn3C3CCCCC3)N(CCc3ccccc3)Cc3cccs3)cc2c1. The van der Waals surface area contributed by atoms with E-state index in [9.17, 15) is 4.79 Å². The smallest absolute Gasteiger partial charge is 0.253 e. The minimum Gasteiger partial charge on any atom is -0.322 e. The van der Waals surface area contributed by atoms with Crippen LogP contribution in [0.2, 0.25) is 0 Å². The molecule has 200 valence electrons. The minimum absolute atomic E-state index is 0.0922. The van der Waals surface area contributed by atoms with Gasteiger partial charge in [0.1, 0.15) is 6.04 Å². The van der Waals surface area contributed by atoms with E-state index in [0.29, 0.717) is 12.1 Å². The van der Waals surface area contributed by atoms with Crippen molar-refractivity contribution in [1.29, 1.82) is 0 Å². The number of thiophene rings is 1. The largest absolute Gasteiger partial charge is 0.322 e. The topological polar surface area (TPSA) is 79.7 Å². The van der Waals surface area contributed by atoms with E-state index in [2.05, 4.69) is 86.2 Å². The van der Waals surface area contributed by atoms with E-state index >= 15 is 0 Å². The molecule has 2 aromatic carbocycles. The van der Waals surface area contributed by atoms with Gasteiger partial charge in [-0.25, -0.2) is 4.68 Å². The molecular weight excluding hydrogens is 504 g/mol. The maximum absolute atomic E-state index is 13.8. The average molecular weight is 539 g/mol. The quantitative estimate of drug-likeness (QED) is 0.241. The predicted octanol–water partition coefficient (Wildman–Crippen LogP) is 6.22. The van der Waals surface area contributed by atoms with Crippen molar-refractivity contribution < 1.29 is 0 Å². The molecule has 5 aromatic rings. The summed E-state index contributed by atoms with van der Waals surface area (Å²) in [5, 5.41) is 16.4. The van der Waals surface area contributed by atoms with Crippen molar-refractivity contribution >= 4 is 22.2 Å². The third kappa shape index (κ3) is 5.72. The lowest BCUT2D eigenvalue weighted by Gasteiger charge is -2.32. The van der Waals surface area contributed by atoms with Crippen LogP contribution in [-0.2, 0) is 13.0 Å². The molecule has 3 aromatic heterocycles. The molecule has 1 atom stereocenters. The van der Waals surface area contributed by atoms with Crippen molar-refractivity contribution in [2.24, 2.45) is 0 Å². The molecule has 1 fully saturated rings. The van der Waals surface area contributed by atoms with Crippen molar-refractivity contribution in [3.8, 4) is 0 Å². The highest BCUT2D eigenvalue weighted by atomic mass is 32.1. The second-order valence-electron chi connectivity index (χ2n) is 10.6. The van der Waals surface area contributed by atoms with Crippen molar-refractivity contribution in [3.05, 3.63) is 110 Å². The Morgan fingerprint density at radius 2 is 1.90 bits per heavy atom. The molecule has 6 rings (SSSR count). The molecule has 7 nitrogen and oxygen atoms in total. The Kier molecular flexibility index (Phi) is 7.65. The number of aromatic amines is 1. The molecule has 1 saturated carbocycles. The van der Waals surface area contributed by atoms with Gasteiger partial charge in [0.25, 0.3) is 5.56 Å². The van der Waals surface area contributed by atoms with Gasteiger partial charge in [-0.2, -0.15) is 0 Å². The summed E-state index contributed by atoms with van der Waals surface area (Å²) >= 11 is 1.74. The lowest BCUT2D eigenvalue weighted by atomic mass is 9.95. The molecule has 8 heteroatoms. The Hall–Kier alpha value is -3.62. The highest BCUT2D eigenvalue weighted by Gasteiger charge is 2.33. The van der Waals surface area contributed by atoms with Crippen LogP contribution in [0, 0.1) is 6.92 Å². The minimum atomic E-state index is -0.388. The van der Waals surface area contributed by atoms with Crippen LogP contribution in [-0.4, -0.2) is 36.6 Å². The lowest BCUT2D eigenvalue weighted by Crippen LogP contribution is -2.36. The second kappa shape index (κ2) is 11.6. The maximum Gasteiger partial charge on any atom is 0.253 e. The summed E-state index contributed by atoms with van der Waals surface area (Å²) in [5.74, 6) is 0.754. The van der Waals surface area contributed by atoms with Gasteiger partial charge in [-0.1, -0.05) is 67.3 Å². The van der Waals surface area contributed by atoms with Crippen LogP contribution < -0.4 is 5.56 Å². The van der Waals surface area contributed by atoms with Crippen LogP contribution in [0.25, 0.3) is 10.9 Å². The number of nitrogens with one attached hydrogen (secondary N) is 1. The molecule has 0 unspecified atom stereocenters. The molecule has 39 heavy (non-hydrogen) atoms. The Bertz CT molecular complexity index is 1570. The van der Waals surface area contributed by atoms with Gasteiger partial charge in [0.05, 0.1) is 6.04 Å². The number of hydrogen-bond acceptors (Lipinski definition) is 6. The molecule has 1 N–H and O–H groups in total. The van der Waals surface area contributed by atoms with Gasteiger partial charge in [-0.3, -0.25) is 9.69 Å². The predicted molar refractivity (Wildman–Crippen MR) is 156 cm³/mol. The summed E-state index contributed by atoms with van der Waals surface area (Å²) in [4.78, 5) is 20.6. The van der Waals surface area contributed by atoms with Crippen LogP contribution in [0.1, 0.15) is 71.6 Å². The first-order valence-corrected chi connectivity index (χ1v) is 14.8. The molecule has 0 amide bonds.